The number of carbonyl (C=O) groups excluding carboxylic acids is 1. The fourth-order valence-electron chi connectivity index (χ4n) is 5.29. The van der Waals surface area contributed by atoms with Crippen LogP contribution in [0.5, 0.6) is 0 Å². The number of ether oxygens (including phenoxy) is 1. The van der Waals surface area contributed by atoms with E-state index in [0.29, 0.717) is 59.0 Å². The van der Waals surface area contributed by atoms with Gasteiger partial charge in [-0.3, -0.25) is 4.57 Å². The quantitative estimate of drug-likeness (QED) is 0.368. The highest BCUT2D eigenvalue weighted by Gasteiger charge is 2.53. The van der Waals surface area contributed by atoms with Crippen LogP contribution in [0.3, 0.4) is 0 Å². The second-order valence-corrected chi connectivity index (χ2v) is 11.1. The summed E-state index contributed by atoms with van der Waals surface area (Å²) in [6.45, 7) is 7.14. The van der Waals surface area contributed by atoms with Gasteiger partial charge in [0.2, 0.25) is 0 Å². The first kappa shape index (κ1) is 24.8. The van der Waals surface area contributed by atoms with E-state index in [1.807, 2.05) is 20.8 Å². The number of nitriles is 1. The lowest BCUT2D eigenvalue weighted by Crippen LogP contribution is -2.57. The monoisotopic (exact) mass is 525 g/mol. The van der Waals surface area contributed by atoms with E-state index in [1.54, 1.807) is 52.2 Å². The first-order valence-electron chi connectivity index (χ1n) is 12.9. The molecule has 0 unspecified atom stereocenters. The van der Waals surface area contributed by atoms with E-state index < -0.39 is 5.60 Å². The van der Waals surface area contributed by atoms with Gasteiger partial charge in [-0.1, -0.05) is 18.2 Å². The number of amides is 1. The summed E-state index contributed by atoms with van der Waals surface area (Å²) in [6.07, 6.45) is 6.37. The van der Waals surface area contributed by atoms with Crippen molar-refractivity contribution in [2.75, 3.05) is 24.5 Å². The Hall–Kier alpha value is -4.52. The lowest BCUT2D eigenvalue weighted by molar-refractivity contribution is 0.0205. The number of anilines is 1. The number of rotatable bonds is 3. The SMILES string of the molecule is CC(C)(C)OC(=O)N1CCN(c2ncnc3c2c(-c2ccccc2F)cn3-c2cc(C#N)ccn2)C2(CC2)C1. The van der Waals surface area contributed by atoms with Crippen LogP contribution >= 0.6 is 0 Å². The number of fused-ring (bicyclic) bond motifs is 1. The second kappa shape index (κ2) is 9.05. The number of hydrogen-bond acceptors (Lipinski definition) is 7. The molecule has 4 aromatic rings. The number of benzene rings is 1. The van der Waals surface area contributed by atoms with Crippen molar-refractivity contribution in [2.24, 2.45) is 0 Å². The van der Waals surface area contributed by atoms with Gasteiger partial charge in [0.15, 0.2) is 5.65 Å². The number of piperazine rings is 1. The molecule has 0 atom stereocenters. The smallest absolute Gasteiger partial charge is 0.410 e. The molecule has 0 radical (unpaired) electrons. The minimum atomic E-state index is -0.571. The van der Waals surface area contributed by atoms with Gasteiger partial charge in [0, 0.05) is 43.2 Å². The maximum atomic E-state index is 15.2. The van der Waals surface area contributed by atoms with Gasteiger partial charge in [0.25, 0.3) is 0 Å². The van der Waals surface area contributed by atoms with Crippen LogP contribution in [0.2, 0.25) is 0 Å². The Morgan fingerprint density at radius 3 is 2.62 bits per heavy atom. The number of hydrogen-bond donors (Lipinski definition) is 0. The van der Waals surface area contributed by atoms with Gasteiger partial charge in [-0.2, -0.15) is 5.26 Å². The Bertz CT molecular complexity index is 1630. The molecule has 39 heavy (non-hydrogen) atoms. The largest absolute Gasteiger partial charge is 0.444 e. The van der Waals surface area contributed by atoms with Gasteiger partial charge in [0.1, 0.15) is 29.4 Å². The molecule has 1 spiro atoms. The molecule has 9 nitrogen and oxygen atoms in total. The molecule has 198 valence electrons. The van der Waals surface area contributed by atoms with Gasteiger partial charge in [-0.15, -0.1) is 0 Å². The number of nitrogens with zero attached hydrogens (tertiary/aromatic N) is 7. The molecule has 2 fully saturated rings. The number of aromatic nitrogens is 4. The van der Waals surface area contributed by atoms with Gasteiger partial charge in [0.05, 0.1) is 22.6 Å². The van der Waals surface area contributed by atoms with Crippen molar-refractivity contribution in [3.05, 3.63) is 66.5 Å². The maximum absolute atomic E-state index is 15.2. The summed E-state index contributed by atoms with van der Waals surface area (Å²) in [5.41, 5.74) is 1.23. The Morgan fingerprint density at radius 1 is 1.10 bits per heavy atom. The van der Waals surface area contributed by atoms with E-state index in [1.165, 1.54) is 12.4 Å². The average molecular weight is 526 g/mol. The van der Waals surface area contributed by atoms with Crippen LogP contribution in [0.4, 0.5) is 15.0 Å². The summed E-state index contributed by atoms with van der Waals surface area (Å²) in [5, 5.41) is 10.1. The summed E-state index contributed by atoms with van der Waals surface area (Å²) in [7, 11) is 0. The average Bonchev–Trinajstić information content (AvgIpc) is 3.56. The van der Waals surface area contributed by atoms with Crippen LogP contribution in [0.1, 0.15) is 39.2 Å². The molecule has 2 aliphatic rings. The predicted molar refractivity (Wildman–Crippen MR) is 144 cm³/mol. The van der Waals surface area contributed by atoms with Crippen LogP contribution in [-0.4, -0.2) is 61.3 Å². The third kappa shape index (κ3) is 4.44. The number of halogens is 1. The van der Waals surface area contributed by atoms with Crippen molar-refractivity contribution in [3.63, 3.8) is 0 Å². The van der Waals surface area contributed by atoms with Gasteiger partial charge < -0.3 is 14.5 Å². The van der Waals surface area contributed by atoms with E-state index >= 15 is 4.39 Å². The van der Waals surface area contributed by atoms with Crippen LogP contribution in [0.15, 0.2) is 55.1 Å². The molecule has 1 aliphatic carbocycles. The van der Waals surface area contributed by atoms with Crippen molar-refractivity contribution < 1.29 is 13.9 Å². The zero-order valence-electron chi connectivity index (χ0n) is 22.1. The second-order valence-electron chi connectivity index (χ2n) is 11.1. The van der Waals surface area contributed by atoms with Crippen molar-refractivity contribution in [2.45, 2.75) is 44.8 Å². The summed E-state index contributed by atoms with van der Waals surface area (Å²) >= 11 is 0. The summed E-state index contributed by atoms with van der Waals surface area (Å²) < 4.78 is 22.6. The topological polar surface area (TPSA) is 100 Å². The van der Waals surface area contributed by atoms with E-state index in [2.05, 4.69) is 20.9 Å². The van der Waals surface area contributed by atoms with Crippen LogP contribution in [-0.2, 0) is 4.74 Å². The van der Waals surface area contributed by atoms with E-state index in [0.717, 1.165) is 12.8 Å². The van der Waals surface area contributed by atoms with Crippen molar-refractivity contribution in [1.82, 2.24) is 24.4 Å². The zero-order valence-corrected chi connectivity index (χ0v) is 22.1. The highest BCUT2D eigenvalue weighted by molar-refractivity contribution is 6.02. The predicted octanol–water partition coefficient (Wildman–Crippen LogP) is 5.08. The molecular formula is C29H28FN7O2. The molecule has 1 saturated carbocycles. The van der Waals surface area contributed by atoms with Crippen LogP contribution < -0.4 is 4.90 Å². The van der Waals surface area contributed by atoms with E-state index in [9.17, 15) is 10.1 Å². The highest BCUT2D eigenvalue weighted by Crippen LogP contribution is 2.49. The summed E-state index contributed by atoms with van der Waals surface area (Å²) in [6, 6.07) is 12.1. The fourth-order valence-corrected chi connectivity index (χ4v) is 5.29. The fraction of sp³-hybridized carbons (Fsp3) is 0.345. The molecule has 3 aromatic heterocycles. The third-order valence-electron chi connectivity index (χ3n) is 7.23. The molecule has 1 saturated heterocycles. The number of pyridine rings is 1. The summed E-state index contributed by atoms with van der Waals surface area (Å²) in [4.78, 5) is 30.7. The maximum Gasteiger partial charge on any atom is 0.410 e. The Kier molecular flexibility index (Phi) is 5.75. The Labute approximate surface area is 225 Å². The molecule has 4 heterocycles. The van der Waals surface area contributed by atoms with Crippen LogP contribution in [0.25, 0.3) is 28.0 Å². The van der Waals surface area contributed by atoms with E-state index in [4.69, 9.17) is 9.72 Å². The lowest BCUT2D eigenvalue weighted by Gasteiger charge is -2.43. The van der Waals surface area contributed by atoms with Gasteiger partial charge in [-0.25, -0.2) is 24.1 Å². The molecule has 0 bridgehead atoms. The van der Waals surface area contributed by atoms with E-state index in [-0.39, 0.29) is 17.4 Å². The minimum absolute atomic E-state index is 0.274. The Balaban J connectivity index is 1.48. The number of carbonyl (C=O) groups is 1. The molecule has 1 amide bonds. The van der Waals surface area contributed by atoms with Crippen molar-refractivity contribution in [3.8, 4) is 23.0 Å². The normalized spacial score (nSPS) is 16.4. The minimum Gasteiger partial charge on any atom is -0.444 e. The van der Waals surface area contributed by atoms with Crippen molar-refractivity contribution >= 4 is 22.9 Å². The third-order valence-corrected chi connectivity index (χ3v) is 7.23. The van der Waals surface area contributed by atoms with Crippen molar-refractivity contribution in [1.29, 1.82) is 5.26 Å². The standard InChI is InChI=1S/C29H28FN7O2/c1-28(2,3)39-27(38)35-12-13-37(29(17-35)9-10-29)26-24-21(20-6-4-5-7-22(20)30)16-36(25(24)33-18-34-26)23-14-19(15-31)8-11-32-23/h4-8,11,14,16,18H,9-10,12-13,17H2,1-3H3. The van der Waals surface area contributed by atoms with Crippen LogP contribution in [0, 0.1) is 17.1 Å². The molecule has 10 heteroatoms. The first-order valence-corrected chi connectivity index (χ1v) is 12.9. The molecular weight excluding hydrogens is 497 g/mol. The first-order chi connectivity index (χ1) is 18.7. The molecule has 1 aromatic carbocycles. The lowest BCUT2D eigenvalue weighted by atomic mass is 10.0. The molecule has 0 N–H and O–H groups in total. The zero-order chi connectivity index (χ0) is 27.4. The summed E-state index contributed by atoms with van der Waals surface area (Å²) in [5.74, 6) is 0.831. The Morgan fingerprint density at radius 2 is 1.90 bits per heavy atom. The van der Waals surface area contributed by atoms with Gasteiger partial charge >= 0.3 is 6.09 Å². The van der Waals surface area contributed by atoms with Gasteiger partial charge in [-0.05, 0) is 51.8 Å². The molecule has 6 rings (SSSR count). The molecule has 1 aliphatic heterocycles. The highest BCUT2D eigenvalue weighted by atomic mass is 19.1.